The molecule has 22 heavy (non-hydrogen) atoms. The highest BCUT2D eigenvalue weighted by Crippen LogP contribution is 2.39. The van der Waals surface area contributed by atoms with Crippen molar-refractivity contribution in [3.05, 3.63) is 28.8 Å². The van der Waals surface area contributed by atoms with Crippen molar-refractivity contribution in [1.29, 1.82) is 0 Å². The topological polar surface area (TPSA) is 29.5 Å². The minimum Gasteiger partial charge on any atom is -0.508 e. The zero-order valence-corrected chi connectivity index (χ0v) is 16.9. The number of hydrogen-bond donors (Lipinski definition) is 1. The number of phenolic OH excluding ortho intramolecular Hbond substituents is 1. The monoisotopic (exact) mass is 322 g/mol. The summed E-state index contributed by atoms with van der Waals surface area (Å²) in [6, 6.07) is 4.00. The van der Waals surface area contributed by atoms with Gasteiger partial charge in [-0.25, -0.2) is 0 Å². The first kappa shape index (κ1) is 19.2. The van der Waals surface area contributed by atoms with Gasteiger partial charge in [0.15, 0.2) is 8.32 Å². The normalized spacial score (nSPS) is 13.5. The summed E-state index contributed by atoms with van der Waals surface area (Å²) in [5, 5.41) is 10.6. The van der Waals surface area contributed by atoms with Gasteiger partial charge in [-0.1, -0.05) is 40.7 Å². The fourth-order valence-electron chi connectivity index (χ4n) is 2.73. The first-order chi connectivity index (χ1) is 9.78. The molecule has 0 aromatic heterocycles. The lowest BCUT2D eigenvalue weighted by atomic mass is 9.78. The van der Waals surface area contributed by atoms with Crippen LogP contribution in [0.1, 0.15) is 57.7 Å². The van der Waals surface area contributed by atoms with Crippen molar-refractivity contribution >= 4 is 8.32 Å². The Kier molecular flexibility index (Phi) is 5.57. The van der Waals surface area contributed by atoms with Crippen LogP contribution in [0.25, 0.3) is 0 Å². The lowest BCUT2D eigenvalue weighted by Gasteiger charge is -2.37. The molecule has 126 valence electrons. The Morgan fingerprint density at radius 2 is 1.59 bits per heavy atom. The molecule has 0 bridgehead atoms. The second kappa shape index (κ2) is 6.36. The standard InChI is InChI=1S/C19H34O2Si/c1-14-12-15(2)17(16(20)13-14)19(6,7)10-11-21-22(8,9)18(3,4)5/h12-13,20H,10-11H2,1-9H3. The highest BCUT2D eigenvalue weighted by atomic mass is 28.4. The van der Waals surface area contributed by atoms with E-state index in [1.54, 1.807) is 0 Å². The van der Waals surface area contributed by atoms with E-state index in [9.17, 15) is 5.11 Å². The smallest absolute Gasteiger partial charge is 0.191 e. The van der Waals surface area contributed by atoms with Crippen LogP contribution in [0.4, 0.5) is 0 Å². The second-order valence-electron chi connectivity index (χ2n) is 8.72. The van der Waals surface area contributed by atoms with E-state index < -0.39 is 8.32 Å². The van der Waals surface area contributed by atoms with Gasteiger partial charge in [0.2, 0.25) is 0 Å². The summed E-state index contributed by atoms with van der Waals surface area (Å²) in [7, 11) is -1.70. The van der Waals surface area contributed by atoms with Crippen molar-refractivity contribution in [2.45, 2.75) is 78.4 Å². The van der Waals surface area contributed by atoms with E-state index in [1.165, 1.54) is 0 Å². The van der Waals surface area contributed by atoms with Gasteiger partial charge in [0.25, 0.3) is 0 Å². The average Bonchev–Trinajstić information content (AvgIpc) is 2.23. The molecule has 0 aliphatic heterocycles. The maximum absolute atomic E-state index is 10.4. The summed E-state index contributed by atoms with van der Waals surface area (Å²) >= 11 is 0. The minimum absolute atomic E-state index is 0.0930. The lowest BCUT2D eigenvalue weighted by Crippen LogP contribution is -2.41. The molecule has 0 saturated carbocycles. The molecule has 0 fully saturated rings. The van der Waals surface area contributed by atoms with Crippen molar-refractivity contribution in [2.75, 3.05) is 6.61 Å². The van der Waals surface area contributed by atoms with Crippen LogP contribution in [-0.2, 0) is 9.84 Å². The molecule has 0 heterocycles. The summed E-state index contributed by atoms with van der Waals surface area (Å²) in [4.78, 5) is 0. The van der Waals surface area contributed by atoms with Crippen LogP contribution in [0, 0.1) is 13.8 Å². The summed E-state index contributed by atoms with van der Waals surface area (Å²) in [5.41, 5.74) is 3.23. The molecule has 0 saturated heterocycles. The third kappa shape index (κ3) is 4.36. The zero-order chi connectivity index (χ0) is 17.3. The molecular formula is C19H34O2Si. The van der Waals surface area contributed by atoms with Crippen molar-refractivity contribution in [3.8, 4) is 5.75 Å². The number of rotatable bonds is 5. The van der Waals surface area contributed by atoms with Gasteiger partial charge >= 0.3 is 0 Å². The maximum atomic E-state index is 10.4. The van der Waals surface area contributed by atoms with Crippen molar-refractivity contribution in [3.63, 3.8) is 0 Å². The third-order valence-corrected chi connectivity index (χ3v) is 9.67. The Balaban J connectivity index is 2.86. The van der Waals surface area contributed by atoms with E-state index in [2.05, 4.69) is 60.7 Å². The molecule has 0 unspecified atom stereocenters. The highest BCUT2D eigenvalue weighted by molar-refractivity contribution is 6.74. The Bertz CT molecular complexity index is 502. The van der Waals surface area contributed by atoms with Crippen molar-refractivity contribution in [1.82, 2.24) is 0 Å². The van der Waals surface area contributed by atoms with Crippen LogP contribution in [0.3, 0.4) is 0 Å². The molecule has 1 N–H and O–H groups in total. The number of aryl methyl sites for hydroxylation is 2. The fourth-order valence-corrected chi connectivity index (χ4v) is 3.77. The summed E-state index contributed by atoms with van der Waals surface area (Å²) in [6.07, 6.45) is 0.914. The van der Waals surface area contributed by atoms with Gasteiger partial charge in [-0.3, -0.25) is 0 Å². The van der Waals surface area contributed by atoms with Gasteiger partial charge in [-0.05, 0) is 61.0 Å². The van der Waals surface area contributed by atoms with E-state index in [1.807, 2.05) is 13.0 Å². The predicted molar refractivity (Wildman–Crippen MR) is 98.4 cm³/mol. The predicted octanol–water partition coefficient (Wildman–Crippen LogP) is 5.70. The Morgan fingerprint density at radius 3 is 2.05 bits per heavy atom. The first-order valence-corrected chi connectivity index (χ1v) is 11.1. The van der Waals surface area contributed by atoms with Crippen LogP contribution in [0.5, 0.6) is 5.75 Å². The molecule has 1 aromatic carbocycles. The zero-order valence-electron chi connectivity index (χ0n) is 15.9. The van der Waals surface area contributed by atoms with E-state index in [0.717, 1.165) is 29.7 Å². The van der Waals surface area contributed by atoms with Gasteiger partial charge in [-0.15, -0.1) is 0 Å². The molecule has 1 rings (SSSR count). The fraction of sp³-hybridized carbons (Fsp3) is 0.684. The Hall–Kier alpha value is -0.803. The minimum atomic E-state index is -1.70. The maximum Gasteiger partial charge on any atom is 0.191 e. The molecule has 0 atom stereocenters. The lowest BCUT2D eigenvalue weighted by molar-refractivity contribution is 0.248. The van der Waals surface area contributed by atoms with E-state index in [-0.39, 0.29) is 10.5 Å². The number of benzene rings is 1. The van der Waals surface area contributed by atoms with Crippen molar-refractivity contribution < 1.29 is 9.53 Å². The highest BCUT2D eigenvalue weighted by Gasteiger charge is 2.37. The summed E-state index contributed by atoms with van der Waals surface area (Å²) in [5.74, 6) is 0.412. The van der Waals surface area contributed by atoms with Crippen LogP contribution >= 0.6 is 0 Å². The van der Waals surface area contributed by atoms with Crippen LogP contribution in [0.2, 0.25) is 18.1 Å². The molecule has 0 radical (unpaired) electrons. The molecule has 0 spiro atoms. The number of aromatic hydroxyl groups is 1. The van der Waals surface area contributed by atoms with Gasteiger partial charge in [0.1, 0.15) is 5.75 Å². The quantitative estimate of drug-likeness (QED) is 0.705. The summed E-state index contributed by atoms with van der Waals surface area (Å²) in [6.45, 7) is 20.6. The van der Waals surface area contributed by atoms with Gasteiger partial charge < -0.3 is 9.53 Å². The average molecular weight is 323 g/mol. The van der Waals surface area contributed by atoms with Crippen LogP contribution in [-0.4, -0.2) is 20.0 Å². The van der Waals surface area contributed by atoms with Crippen LogP contribution < -0.4 is 0 Å². The van der Waals surface area contributed by atoms with Gasteiger partial charge in [0.05, 0.1) is 0 Å². The molecule has 0 aliphatic rings. The Labute approximate surface area is 138 Å². The first-order valence-electron chi connectivity index (χ1n) is 8.22. The largest absolute Gasteiger partial charge is 0.508 e. The van der Waals surface area contributed by atoms with Gasteiger partial charge in [0, 0.05) is 12.2 Å². The molecule has 0 amide bonds. The third-order valence-electron chi connectivity index (χ3n) is 5.13. The molecular weight excluding hydrogens is 288 g/mol. The van der Waals surface area contributed by atoms with E-state index in [4.69, 9.17) is 4.43 Å². The van der Waals surface area contributed by atoms with E-state index >= 15 is 0 Å². The van der Waals surface area contributed by atoms with Gasteiger partial charge in [-0.2, -0.15) is 0 Å². The second-order valence-corrected chi connectivity index (χ2v) is 13.5. The van der Waals surface area contributed by atoms with E-state index in [0.29, 0.717) is 5.75 Å². The molecule has 2 nitrogen and oxygen atoms in total. The van der Waals surface area contributed by atoms with Crippen LogP contribution in [0.15, 0.2) is 12.1 Å². The molecule has 1 aromatic rings. The molecule has 0 aliphatic carbocycles. The number of phenols is 1. The molecule has 3 heteroatoms. The SMILES string of the molecule is Cc1cc(C)c(C(C)(C)CCO[Si](C)(C)C(C)(C)C)c(O)c1. The number of hydrogen-bond acceptors (Lipinski definition) is 2. The Morgan fingerprint density at radius 1 is 1.05 bits per heavy atom. The summed E-state index contributed by atoms with van der Waals surface area (Å²) < 4.78 is 6.31. The van der Waals surface area contributed by atoms with Crippen molar-refractivity contribution in [2.24, 2.45) is 0 Å².